The van der Waals surface area contributed by atoms with Gasteiger partial charge in [0.15, 0.2) is 0 Å². The Morgan fingerprint density at radius 3 is 2.70 bits per heavy atom. The van der Waals surface area contributed by atoms with E-state index in [1.807, 2.05) is 13.8 Å². The SMILES string of the molecule is C/C(=C\C(=O)NCCCCc1nc(C)cs1)c1ccc(F)cc1. The second-order valence-electron chi connectivity index (χ2n) is 5.47. The molecule has 0 saturated heterocycles. The number of thiazole rings is 1. The summed E-state index contributed by atoms with van der Waals surface area (Å²) >= 11 is 1.69. The Hall–Kier alpha value is -2.01. The van der Waals surface area contributed by atoms with Crippen molar-refractivity contribution >= 4 is 22.8 Å². The van der Waals surface area contributed by atoms with Gasteiger partial charge < -0.3 is 5.32 Å². The van der Waals surface area contributed by atoms with Gasteiger partial charge in [0.05, 0.1) is 5.01 Å². The van der Waals surface area contributed by atoms with E-state index in [0.717, 1.165) is 41.1 Å². The van der Waals surface area contributed by atoms with Crippen LogP contribution < -0.4 is 5.32 Å². The molecule has 3 nitrogen and oxygen atoms in total. The molecule has 0 atom stereocenters. The summed E-state index contributed by atoms with van der Waals surface area (Å²) in [5, 5.41) is 6.09. The van der Waals surface area contributed by atoms with Crippen LogP contribution in [0.2, 0.25) is 0 Å². The highest BCUT2D eigenvalue weighted by Crippen LogP contribution is 2.14. The van der Waals surface area contributed by atoms with E-state index in [4.69, 9.17) is 0 Å². The highest BCUT2D eigenvalue weighted by molar-refractivity contribution is 7.09. The van der Waals surface area contributed by atoms with Crippen LogP contribution in [0.25, 0.3) is 5.57 Å². The number of aryl methyl sites for hydroxylation is 2. The predicted octanol–water partition coefficient (Wildman–Crippen LogP) is 4.13. The minimum Gasteiger partial charge on any atom is -0.353 e. The number of unbranched alkanes of at least 4 members (excludes halogenated alkanes) is 1. The molecule has 0 aliphatic carbocycles. The van der Waals surface area contributed by atoms with Crippen molar-refractivity contribution in [2.75, 3.05) is 6.54 Å². The Kier molecular flexibility index (Phi) is 6.47. The van der Waals surface area contributed by atoms with Gasteiger partial charge in [0.1, 0.15) is 5.82 Å². The van der Waals surface area contributed by atoms with Crippen LogP contribution in [-0.4, -0.2) is 17.4 Å². The maximum Gasteiger partial charge on any atom is 0.244 e. The molecule has 0 aliphatic rings. The van der Waals surface area contributed by atoms with Gasteiger partial charge in [-0.15, -0.1) is 11.3 Å². The number of benzene rings is 1. The summed E-state index contributed by atoms with van der Waals surface area (Å²) in [6, 6.07) is 6.13. The third-order valence-electron chi connectivity index (χ3n) is 3.43. The molecule has 0 spiro atoms. The lowest BCUT2D eigenvalue weighted by Gasteiger charge is -2.04. The fourth-order valence-electron chi connectivity index (χ4n) is 2.17. The van der Waals surface area contributed by atoms with Gasteiger partial charge in [-0.05, 0) is 56.4 Å². The number of aromatic nitrogens is 1. The van der Waals surface area contributed by atoms with E-state index in [0.29, 0.717) is 6.54 Å². The van der Waals surface area contributed by atoms with Gasteiger partial charge in [-0.25, -0.2) is 9.37 Å². The summed E-state index contributed by atoms with van der Waals surface area (Å²) in [5.41, 5.74) is 2.74. The lowest BCUT2D eigenvalue weighted by Crippen LogP contribution is -2.22. The number of nitrogens with zero attached hydrogens (tertiary/aromatic N) is 1. The summed E-state index contributed by atoms with van der Waals surface area (Å²) < 4.78 is 12.9. The van der Waals surface area contributed by atoms with Gasteiger partial charge in [-0.3, -0.25) is 4.79 Å². The first-order chi connectivity index (χ1) is 11.0. The number of nitrogens with one attached hydrogen (secondary N) is 1. The van der Waals surface area contributed by atoms with E-state index in [2.05, 4.69) is 15.7 Å². The summed E-state index contributed by atoms with van der Waals surface area (Å²) in [6.45, 7) is 4.49. The molecule has 122 valence electrons. The maximum atomic E-state index is 12.9. The number of rotatable bonds is 7. The molecule has 0 unspecified atom stereocenters. The Labute approximate surface area is 140 Å². The van der Waals surface area contributed by atoms with Crippen LogP contribution in [0.4, 0.5) is 4.39 Å². The molecule has 0 fully saturated rings. The molecule has 1 N–H and O–H groups in total. The smallest absolute Gasteiger partial charge is 0.244 e. The first-order valence-electron chi connectivity index (χ1n) is 7.67. The molecule has 23 heavy (non-hydrogen) atoms. The molecule has 1 aromatic carbocycles. The van der Waals surface area contributed by atoms with Gasteiger partial charge >= 0.3 is 0 Å². The van der Waals surface area contributed by atoms with Crippen molar-refractivity contribution in [3.8, 4) is 0 Å². The normalized spacial score (nSPS) is 11.5. The lowest BCUT2D eigenvalue weighted by molar-refractivity contribution is -0.116. The van der Waals surface area contributed by atoms with Crippen molar-refractivity contribution in [1.82, 2.24) is 10.3 Å². The van der Waals surface area contributed by atoms with Crippen molar-refractivity contribution in [3.63, 3.8) is 0 Å². The largest absolute Gasteiger partial charge is 0.353 e. The molecule has 1 aromatic heterocycles. The third-order valence-corrected chi connectivity index (χ3v) is 4.46. The van der Waals surface area contributed by atoms with Crippen LogP contribution in [0.1, 0.15) is 36.0 Å². The number of hydrogen-bond donors (Lipinski definition) is 1. The first kappa shape index (κ1) is 17.3. The van der Waals surface area contributed by atoms with Crippen molar-refractivity contribution < 1.29 is 9.18 Å². The van der Waals surface area contributed by atoms with Crippen LogP contribution >= 0.6 is 11.3 Å². The molecule has 5 heteroatoms. The Morgan fingerprint density at radius 1 is 1.30 bits per heavy atom. The van der Waals surface area contributed by atoms with Crippen molar-refractivity contribution in [3.05, 3.63) is 57.8 Å². The number of carbonyl (C=O) groups is 1. The van der Waals surface area contributed by atoms with E-state index in [9.17, 15) is 9.18 Å². The molecule has 0 aliphatic heterocycles. The van der Waals surface area contributed by atoms with E-state index in [1.165, 1.54) is 12.1 Å². The van der Waals surface area contributed by atoms with E-state index < -0.39 is 0 Å². The highest BCUT2D eigenvalue weighted by Gasteiger charge is 2.02. The van der Waals surface area contributed by atoms with Crippen LogP contribution in [-0.2, 0) is 11.2 Å². The van der Waals surface area contributed by atoms with Crippen LogP contribution in [0.3, 0.4) is 0 Å². The van der Waals surface area contributed by atoms with Crippen molar-refractivity contribution in [1.29, 1.82) is 0 Å². The quantitative estimate of drug-likeness (QED) is 0.612. The molecule has 0 bridgehead atoms. The van der Waals surface area contributed by atoms with E-state index in [-0.39, 0.29) is 11.7 Å². The van der Waals surface area contributed by atoms with Gasteiger partial charge in [0.25, 0.3) is 0 Å². The predicted molar refractivity (Wildman–Crippen MR) is 92.8 cm³/mol. The topological polar surface area (TPSA) is 42.0 Å². The van der Waals surface area contributed by atoms with Crippen LogP contribution in [0, 0.1) is 12.7 Å². The van der Waals surface area contributed by atoms with Gasteiger partial charge in [-0.1, -0.05) is 12.1 Å². The number of halogens is 1. The van der Waals surface area contributed by atoms with Crippen LogP contribution in [0.15, 0.2) is 35.7 Å². The fourth-order valence-corrected chi connectivity index (χ4v) is 2.99. The van der Waals surface area contributed by atoms with Crippen LogP contribution in [0.5, 0.6) is 0 Å². The fraction of sp³-hybridized carbons (Fsp3) is 0.333. The molecule has 1 heterocycles. The lowest BCUT2D eigenvalue weighted by atomic mass is 10.1. The second-order valence-corrected chi connectivity index (χ2v) is 6.41. The standard InChI is InChI=1S/C18H21FN2OS/c1-13(15-6-8-16(19)9-7-15)11-17(22)20-10-4-3-5-18-21-14(2)12-23-18/h6-9,11-12H,3-5,10H2,1-2H3,(H,20,22)/b13-11+. The summed E-state index contributed by atoms with van der Waals surface area (Å²) in [5.74, 6) is -0.390. The molecule has 0 saturated carbocycles. The number of allylic oxidation sites excluding steroid dienone is 1. The zero-order valence-electron chi connectivity index (χ0n) is 13.4. The zero-order chi connectivity index (χ0) is 16.7. The second kappa shape index (κ2) is 8.58. The highest BCUT2D eigenvalue weighted by atomic mass is 32.1. The number of amides is 1. The summed E-state index contributed by atoms with van der Waals surface area (Å²) in [6.07, 6.45) is 4.44. The monoisotopic (exact) mass is 332 g/mol. The Bertz CT molecular complexity index is 677. The summed E-state index contributed by atoms with van der Waals surface area (Å²) in [7, 11) is 0. The van der Waals surface area contributed by atoms with Gasteiger partial charge in [0, 0.05) is 23.7 Å². The molecule has 1 amide bonds. The molecular formula is C18H21FN2OS. The van der Waals surface area contributed by atoms with Gasteiger partial charge in [-0.2, -0.15) is 0 Å². The van der Waals surface area contributed by atoms with E-state index >= 15 is 0 Å². The first-order valence-corrected chi connectivity index (χ1v) is 8.55. The molecule has 2 rings (SSSR count). The third kappa shape index (κ3) is 5.94. The van der Waals surface area contributed by atoms with Crippen molar-refractivity contribution in [2.24, 2.45) is 0 Å². The average molecular weight is 332 g/mol. The molecule has 0 radical (unpaired) electrons. The number of carbonyl (C=O) groups excluding carboxylic acids is 1. The zero-order valence-corrected chi connectivity index (χ0v) is 14.3. The number of hydrogen-bond acceptors (Lipinski definition) is 3. The minimum absolute atomic E-state index is 0.114. The minimum atomic E-state index is -0.276. The van der Waals surface area contributed by atoms with E-state index in [1.54, 1.807) is 29.5 Å². The molecular weight excluding hydrogens is 311 g/mol. The molecule has 2 aromatic rings. The summed E-state index contributed by atoms with van der Waals surface area (Å²) in [4.78, 5) is 16.3. The maximum absolute atomic E-state index is 12.9. The Balaban J connectivity index is 1.70. The average Bonchev–Trinajstić information content (AvgIpc) is 2.93. The van der Waals surface area contributed by atoms with Gasteiger partial charge in [0.2, 0.25) is 5.91 Å². The van der Waals surface area contributed by atoms with Crippen molar-refractivity contribution in [2.45, 2.75) is 33.1 Å². The Morgan fingerprint density at radius 2 is 2.04 bits per heavy atom.